The Hall–Kier alpha value is -2.24. The van der Waals surface area contributed by atoms with Crippen molar-refractivity contribution < 1.29 is 19.0 Å². The average Bonchev–Trinajstić information content (AvgIpc) is 3.12. The molecule has 2 rings (SSSR count). The third-order valence-electron chi connectivity index (χ3n) is 3.99. The Morgan fingerprint density at radius 2 is 2.00 bits per heavy atom. The molecule has 1 unspecified atom stereocenters. The number of ether oxygens (including phenoxy) is 2. The van der Waals surface area contributed by atoms with E-state index in [2.05, 4.69) is 11.5 Å². The molecule has 1 N–H and O–H groups in total. The first kappa shape index (κ1) is 19.1. The van der Waals surface area contributed by atoms with Gasteiger partial charge in [0.05, 0.1) is 33.1 Å². The smallest absolute Gasteiger partial charge is 0.161 e. The second-order valence-electron chi connectivity index (χ2n) is 5.96. The van der Waals surface area contributed by atoms with E-state index in [1.165, 1.54) is 0 Å². The monoisotopic (exact) mass is 345 g/mol. The molecule has 0 fully saturated rings. The van der Waals surface area contributed by atoms with Gasteiger partial charge in [-0.3, -0.25) is 4.90 Å². The molecule has 0 saturated heterocycles. The SMILES string of the molecule is C=CCCC(O)CN(Cc1ccc(OC)c(OC)c1)Cc1ccco1. The summed E-state index contributed by atoms with van der Waals surface area (Å²) in [5, 5.41) is 10.3. The quantitative estimate of drug-likeness (QED) is 0.630. The van der Waals surface area contributed by atoms with Crippen LogP contribution in [0.3, 0.4) is 0 Å². The van der Waals surface area contributed by atoms with E-state index in [1.807, 2.05) is 36.4 Å². The van der Waals surface area contributed by atoms with E-state index in [-0.39, 0.29) is 0 Å². The molecule has 2 aromatic rings. The highest BCUT2D eigenvalue weighted by Gasteiger charge is 2.15. The van der Waals surface area contributed by atoms with Crippen LogP contribution >= 0.6 is 0 Å². The van der Waals surface area contributed by atoms with Gasteiger partial charge in [0.2, 0.25) is 0 Å². The molecule has 0 aliphatic carbocycles. The fourth-order valence-corrected chi connectivity index (χ4v) is 2.74. The summed E-state index contributed by atoms with van der Waals surface area (Å²) in [6.07, 6.45) is 4.58. The zero-order valence-corrected chi connectivity index (χ0v) is 15.0. The minimum atomic E-state index is -0.409. The lowest BCUT2D eigenvalue weighted by molar-refractivity contribution is 0.0944. The van der Waals surface area contributed by atoms with E-state index in [0.29, 0.717) is 37.6 Å². The first-order valence-electron chi connectivity index (χ1n) is 8.40. The van der Waals surface area contributed by atoms with Crippen LogP contribution < -0.4 is 9.47 Å². The highest BCUT2D eigenvalue weighted by Crippen LogP contribution is 2.28. The van der Waals surface area contributed by atoms with Crippen LogP contribution in [0.15, 0.2) is 53.7 Å². The number of rotatable bonds is 11. The molecule has 0 saturated carbocycles. The Bertz CT molecular complexity index is 639. The van der Waals surface area contributed by atoms with Crippen LogP contribution in [0.1, 0.15) is 24.2 Å². The lowest BCUT2D eigenvalue weighted by Crippen LogP contribution is -2.31. The molecule has 0 aliphatic heterocycles. The fraction of sp³-hybridized carbons (Fsp3) is 0.400. The maximum atomic E-state index is 10.3. The molecular weight excluding hydrogens is 318 g/mol. The predicted molar refractivity (Wildman–Crippen MR) is 97.8 cm³/mol. The minimum absolute atomic E-state index is 0.409. The molecule has 5 nitrogen and oxygen atoms in total. The van der Waals surface area contributed by atoms with Crippen molar-refractivity contribution in [3.05, 3.63) is 60.6 Å². The van der Waals surface area contributed by atoms with Crippen molar-refractivity contribution in [1.82, 2.24) is 4.90 Å². The number of methoxy groups -OCH3 is 2. The van der Waals surface area contributed by atoms with Crippen molar-refractivity contribution in [2.24, 2.45) is 0 Å². The van der Waals surface area contributed by atoms with E-state index >= 15 is 0 Å². The molecule has 25 heavy (non-hydrogen) atoms. The Kier molecular flexibility index (Phi) is 7.57. The summed E-state index contributed by atoms with van der Waals surface area (Å²) < 4.78 is 16.1. The summed E-state index contributed by atoms with van der Waals surface area (Å²) >= 11 is 0. The van der Waals surface area contributed by atoms with Gasteiger partial charge < -0.3 is 19.0 Å². The van der Waals surface area contributed by atoms with Crippen LogP contribution in [0, 0.1) is 0 Å². The molecule has 0 amide bonds. The minimum Gasteiger partial charge on any atom is -0.493 e. The Balaban J connectivity index is 2.09. The molecule has 0 spiro atoms. The largest absolute Gasteiger partial charge is 0.493 e. The van der Waals surface area contributed by atoms with Crippen molar-refractivity contribution in [3.63, 3.8) is 0 Å². The Morgan fingerprint density at radius 1 is 1.20 bits per heavy atom. The van der Waals surface area contributed by atoms with Gasteiger partial charge in [-0.1, -0.05) is 12.1 Å². The molecule has 1 atom stereocenters. The van der Waals surface area contributed by atoms with Gasteiger partial charge in [-0.15, -0.1) is 6.58 Å². The number of aliphatic hydroxyl groups excluding tert-OH is 1. The van der Waals surface area contributed by atoms with E-state index < -0.39 is 6.10 Å². The molecular formula is C20H27NO4. The second-order valence-corrected chi connectivity index (χ2v) is 5.96. The topological polar surface area (TPSA) is 55.1 Å². The molecule has 5 heteroatoms. The van der Waals surface area contributed by atoms with Crippen molar-refractivity contribution in [1.29, 1.82) is 0 Å². The molecule has 136 valence electrons. The van der Waals surface area contributed by atoms with Gasteiger partial charge in [-0.05, 0) is 42.7 Å². The average molecular weight is 345 g/mol. The van der Waals surface area contributed by atoms with Crippen molar-refractivity contribution in [2.75, 3.05) is 20.8 Å². The second kappa shape index (κ2) is 9.91. The van der Waals surface area contributed by atoms with Gasteiger partial charge in [-0.2, -0.15) is 0 Å². The van der Waals surface area contributed by atoms with Crippen LogP contribution in [-0.2, 0) is 13.1 Å². The van der Waals surface area contributed by atoms with E-state index in [4.69, 9.17) is 13.9 Å². The van der Waals surface area contributed by atoms with Gasteiger partial charge in [-0.25, -0.2) is 0 Å². The number of allylic oxidation sites excluding steroid dienone is 1. The standard InChI is InChI=1S/C20H27NO4/c1-4-5-7-17(22)14-21(15-18-8-6-11-25-18)13-16-9-10-19(23-2)20(12-16)24-3/h4,6,8-12,17,22H,1,5,7,13-15H2,2-3H3. The lowest BCUT2D eigenvalue weighted by atomic mass is 10.1. The molecule has 0 radical (unpaired) electrons. The van der Waals surface area contributed by atoms with E-state index in [9.17, 15) is 5.11 Å². The Morgan fingerprint density at radius 3 is 2.64 bits per heavy atom. The molecule has 1 heterocycles. The maximum Gasteiger partial charge on any atom is 0.161 e. The first-order chi connectivity index (χ1) is 12.2. The van der Waals surface area contributed by atoms with Gasteiger partial charge >= 0.3 is 0 Å². The summed E-state index contributed by atoms with van der Waals surface area (Å²) in [7, 11) is 3.25. The summed E-state index contributed by atoms with van der Waals surface area (Å²) in [4.78, 5) is 2.16. The number of aliphatic hydroxyl groups is 1. The van der Waals surface area contributed by atoms with Gasteiger partial charge in [0.1, 0.15) is 5.76 Å². The number of furan rings is 1. The predicted octanol–water partition coefficient (Wildman–Crippen LogP) is 3.63. The fourth-order valence-electron chi connectivity index (χ4n) is 2.74. The first-order valence-corrected chi connectivity index (χ1v) is 8.40. The third-order valence-corrected chi connectivity index (χ3v) is 3.99. The highest BCUT2D eigenvalue weighted by molar-refractivity contribution is 5.42. The van der Waals surface area contributed by atoms with Gasteiger partial charge in [0.15, 0.2) is 11.5 Å². The van der Waals surface area contributed by atoms with Crippen LogP contribution in [0.4, 0.5) is 0 Å². The normalized spacial score (nSPS) is 12.2. The summed E-state index contributed by atoms with van der Waals surface area (Å²) in [6.45, 7) is 5.57. The number of hydrogen-bond acceptors (Lipinski definition) is 5. The maximum absolute atomic E-state index is 10.3. The van der Waals surface area contributed by atoms with Crippen LogP contribution in [0.2, 0.25) is 0 Å². The summed E-state index contributed by atoms with van der Waals surface area (Å²) in [5.41, 5.74) is 1.08. The molecule has 0 aliphatic rings. The van der Waals surface area contributed by atoms with Crippen molar-refractivity contribution in [2.45, 2.75) is 32.0 Å². The summed E-state index contributed by atoms with van der Waals surface area (Å²) in [5.74, 6) is 2.27. The van der Waals surface area contributed by atoms with E-state index in [0.717, 1.165) is 17.7 Å². The zero-order chi connectivity index (χ0) is 18.1. The summed E-state index contributed by atoms with van der Waals surface area (Å²) in [6, 6.07) is 9.68. The molecule has 1 aromatic heterocycles. The zero-order valence-electron chi connectivity index (χ0n) is 15.0. The number of hydrogen-bond donors (Lipinski definition) is 1. The third kappa shape index (κ3) is 5.96. The van der Waals surface area contributed by atoms with Crippen molar-refractivity contribution >= 4 is 0 Å². The lowest BCUT2D eigenvalue weighted by Gasteiger charge is -2.24. The van der Waals surface area contributed by atoms with Crippen LogP contribution in [0.25, 0.3) is 0 Å². The Labute approximate surface area is 149 Å². The molecule has 0 bridgehead atoms. The van der Waals surface area contributed by atoms with Crippen LogP contribution in [-0.4, -0.2) is 36.9 Å². The van der Waals surface area contributed by atoms with Gasteiger partial charge in [0, 0.05) is 13.1 Å². The van der Waals surface area contributed by atoms with Crippen LogP contribution in [0.5, 0.6) is 11.5 Å². The number of benzene rings is 1. The van der Waals surface area contributed by atoms with Gasteiger partial charge in [0.25, 0.3) is 0 Å². The van der Waals surface area contributed by atoms with E-state index in [1.54, 1.807) is 20.5 Å². The van der Waals surface area contributed by atoms with Crippen molar-refractivity contribution in [3.8, 4) is 11.5 Å². The molecule has 1 aromatic carbocycles. The highest BCUT2D eigenvalue weighted by atomic mass is 16.5. The number of nitrogens with zero attached hydrogens (tertiary/aromatic N) is 1.